The van der Waals surface area contributed by atoms with Gasteiger partial charge < -0.3 is 5.11 Å². The molecule has 0 fully saturated rings. The summed E-state index contributed by atoms with van der Waals surface area (Å²) >= 11 is 0. The Balaban J connectivity index is 0.00000562. The fourth-order valence-electron chi connectivity index (χ4n) is 10.0. The third-order valence-electron chi connectivity index (χ3n) is 14.1. The molecule has 0 saturated carbocycles. The normalized spacial score (nSPS) is 13.3. The minimum absolute atomic E-state index is 0. The van der Waals surface area contributed by atoms with Crippen LogP contribution in [0.15, 0.2) is 164 Å². The van der Waals surface area contributed by atoms with Crippen molar-refractivity contribution >= 4 is 11.0 Å². The second-order valence-electron chi connectivity index (χ2n) is 21.2. The standard InChI is InChI=1S/C62H58N3O.Pt/c1-59(2,3)43-35-49(57(66)51(36-43)60(4,5)6)58-64-56-46(28-21-31-55(56)65(58)54-30-20-18-26-45(54)39-22-13-11-14-23-39)40-32-41(34-44(33-40)61(7,8)42-24-15-12-16-25-42)53-37-48-47-27-17-19-29-50(47)62(9,10)52(48)38-63-53;/h11-31,33-38,66H,1-10H3;/q-1;. The summed E-state index contributed by atoms with van der Waals surface area (Å²) in [5, 5.41) is 12.5. The van der Waals surface area contributed by atoms with Crippen LogP contribution in [0.2, 0.25) is 0 Å². The molecule has 7 aromatic carbocycles. The molecule has 0 saturated heterocycles. The summed E-state index contributed by atoms with van der Waals surface area (Å²) in [5.41, 5.74) is 17.7. The Morgan fingerprint density at radius 1 is 0.537 bits per heavy atom. The smallest absolute Gasteiger partial charge is 0.148 e. The molecule has 2 aromatic heterocycles. The van der Waals surface area contributed by atoms with Crippen LogP contribution in [0.25, 0.3) is 72.7 Å². The van der Waals surface area contributed by atoms with E-state index in [1.807, 2.05) is 0 Å². The molecular weight excluding hydrogens is 998 g/mol. The van der Waals surface area contributed by atoms with Gasteiger partial charge in [-0.3, -0.25) is 9.55 Å². The number of pyridine rings is 1. The minimum atomic E-state index is -0.360. The van der Waals surface area contributed by atoms with Crippen molar-refractivity contribution < 1.29 is 26.2 Å². The number of rotatable bonds is 7. The largest absolute Gasteiger partial charge is 0.507 e. The van der Waals surface area contributed by atoms with Crippen LogP contribution >= 0.6 is 0 Å². The summed E-state index contributed by atoms with van der Waals surface area (Å²) in [6.07, 6.45) is 2.08. The van der Waals surface area contributed by atoms with E-state index in [0.717, 1.165) is 66.9 Å². The molecule has 67 heavy (non-hydrogen) atoms. The number of para-hydroxylation sites is 2. The molecular formula is C62H58N3OPt-. The minimum Gasteiger partial charge on any atom is -0.507 e. The second kappa shape index (κ2) is 16.8. The monoisotopic (exact) mass is 1060 g/mol. The van der Waals surface area contributed by atoms with Crippen molar-refractivity contribution in [1.29, 1.82) is 0 Å². The van der Waals surface area contributed by atoms with Gasteiger partial charge in [-0.25, -0.2) is 4.98 Å². The molecule has 338 valence electrons. The van der Waals surface area contributed by atoms with E-state index in [4.69, 9.17) is 9.97 Å². The van der Waals surface area contributed by atoms with Gasteiger partial charge in [-0.2, -0.15) is 0 Å². The number of hydrogen-bond donors (Lipinski definition) is 1. The summed E-state index contributed by atoms with van der Waals surface area (Å²) < 4.78 is 2.26. The van der Waals surface area contributed by atoms with E-state index < -0.39 is 0 Å². The van der Waals surface area contributed by atoms with Gasteiger partial charge in [0.15, 0.2) is 0 Å². The van der Waals surface area contributed by atoms with Gasteiger partial charge in [0.05, 0.1) is 22.3 Å². The summed E-state index contributed by atoms with van der Waals surface area (Å²) in [6, 6.07) is 60.1. The van der Waals surface area contributed by atoms with Crippen molar-refractivity contribution in [2.75, 3.05) is 0 Å². The van der Waals surface area contributed by atoms with Crippen LogP contribution in [0.1, 0.15) is 103 Å². The molecule has 5 heteroatoms. The molecule has 1 aliphatic rings. The van der Waals surface area contributed by atoms with Gasteiger partial charge in [-0.15, -0.1) is 29.3 Å². The Bertz CT molecular complexity index is 3330. The summed E-state index contributed by atoms with van der Waals surface area (Å²) in [4.78, 5) is 10.9. The van der Waals surface area contributed by atoms with E-state index in [2.05, 4.69) is 244 Å². The average Bonchev–Trinajstić information content (AvgIpc) is 3.80. The molecule has 0 bridgehead atoms. The topological polar surface area (TPSA) is 50.9 Å². The van der Waals surface area contributed by atoms with Crippen molar-refractivity contribution in [3.8, 4) is 67.5 Å². The number of hydrogen-bond acceptors (Lipinski definition) is 3. The zero-order valence-corrected chi connectivity index (χ0v) is 42.5. The predicted molar refractivity (Wildman–Crippen MR) is 275 cm³/mol. The first-order valence-electron chi connectivity index (χ1n) is 23.2. The van der Waals surface area contributed by atoms with Crippen molar-refractivity contribution in [1.82, 2.24) is 14.5 Å². The zero-order valence-electron chi connectivity index (χ0n) is 40.2. The third-order valence-corrected chi connectivity index (χ3v) is 14.1. The maximum atomic E-state index is 12.5. The van der Waals surface area contributed by atoms with Gasteiger partial charge in [-0.05, 0) is 68.0 Å². The van der Waals surface area contributed by atoms with Crippen molar-refractivity contribution in [2.45, 2.75) is 90.9 Å². The number of benzene rings is 7. The molecule has 10 rings (SSSR count). The fourth-order valence-corrected chi connectivity index (χ4v) is 10.0. The van der Waals surface area contributed by atoms with Crippen LogP contribution in [0.3, 0.4) is 0 Å². The van der Waals surface area contributed by atoms with Crippen LogP contribution in [0.4, 0.5) is 0 Å². The molecule has 4 nitrogen and oxygen atoms in total. The summed E-state index contributed by atoms with van der Waals surface area (Å²) in [7, 11) is 0. The van der Waals surface area contributed by atoms with E-state index >= 15 is 0 Å². The molecule has 9 aromatic rings. The van der Waals surface area contributed by atoms with Crippen LogP contribution in [-0.4, -0.2) is 19.6 Å². The Morgan fingerprint density at radius 3 is 1.87 bits per heavy atom. The predicted octanol–water partition coefficient (Wildman–Crippen LogP) is 15.8. The van der Waals surface area contributed by atoms with E-state index in [0.29, 0.717) is 11.4 Å². The van der Waals surface area contributed by atoms with Gasteiger partial charge in [0.2, 0.25) is 0 Å². The van der Waals surface area contributed by atoms with Gasteiger partial charge in [0, 0.05) is 54.9 Å². The quantitative estimate of drug-likeness (QED) is 0.162. The summed E-state index contributed by atoms with van der Waals surface area (Å²) in [5.74, 6) is 0.927. The van der Waals surface area contributed by atoms with E-state index in [1.165, 1.54) is 27.8 Å². The van der Waals surface area contributed by atoms with Crippen molar-refractivity contribution in [3.05, 3.63) is 203 Å². The number of nitrogens with zero attached hydrogens (tertiary/aromatic N) is 3. The number of aromatic hydroxyl groups is 1. The Labute approximate surface area is 411 Å². The Kier molecular flexibility index (Phi) is 11.5. The first-order chi connectivity index (χ1) is 31.4. The third kappa shape index (κ3) is 7.88. The number of imidazole rings is 1. The maximum absolute atomic E-state index is 12.5. The zero-order chi connectivity index (χ0) is 46.3. The van der Waals surface area contributed by atoms with E-state index in [1.54, 1.807) is 0 Å². The first kappa shape index (κ1) is 45.8. The molecule has 2 heterocycles. The molecule has 0 amide bonds. The second-order valence-corrected chi connectivity index (χ2v) is 21.2. The molecule has 1 aliphatic carbocycles. The van der Waals surface area contributed by atoms with E-state index in [9.17, 15) is 5.11 Å². The molecule has 0 atom stereocenters. The average molecular weight is 1060 g/mol. The molecule has 0 unspecified atom stereocenters. The number of phenolic OH excluding ortho intramolecular Hbond substituents is 1. The van der Waals surface area contributed by atoms with E-state index in [-0.39, 0.29) is 48.5 Å². The number of fused-ring (bicyclic) bond motifs is 4. The maximum Gasteiger partial charge on any atom is 0.148 e. The molecule has 0 spiro atoms. The van der Waals surface area contributed by atoms with Gasteiger partial charge in [0.1, 0.15) is 11.6 Å². The number of aromatic nitrogens is 3. The Hall–Kier alpha value is -6.35. The van der Waals surface area contributed by atoms with Crippen molar-refractivity contribution in [2.24, 2.45) is 0 Å². The van der Waals surface area contributed by atoms with Gasteiger partial charge in [0.25, 0.3) is 0 Å². The molecule has 1 N–H and O–H groups in total. The van der Waals surface area contributed by atoms with Gasteiger partial charge >= 0.3 is 0 Å². The van der Waals surface area contributed by atoms with Crippen LogP contribution in [0.5, 0.6) is 5.75 Å². The number of phenols is 1. The van der Waals surface area contributed by atoms with Crippen LogP contribution in [-0.2, 0) is 42.7 Å². The fraction of sp³-hybridized carbons (Fsp3) is 0.226. The molecule has 0 aliphatic heterocycles. The first-order valence-corrected chi connectivity index (χ1v) is 23.2. The Morgan fingerprint density at radius 2 is 1.16 bits per heavy atom. The van der Waals surface area contributed by atoms with Crippen LogP contribution in [0, 0.1) is 6.07 Å². The van der Waals surface area contributed by atoms with Crippen molar-refractivity contribution in [3.63, 3.8) is 0 Å². The SMILES string of the molecule is CC(C)(C)c1cc(-c2nc3c(-c4[c-]c(-c5cc6c(cn5)C(C)(C)c5ccccc5-6)cc(C(C)(C)c5ccccc5)c4)cccc3n2-c2ccccc2-c2ccccc2)c(O)c(C(C)(C)C)c1.[Pt]. The van der Waals surface area contributed by atoms with Crippen LogP contribution < -0.4 is 0 Å². The van der Waals surface area contributed by atoms with Gasteiger partial charge in [-0.1, -0.05) is 208 Å². The molecule has 0 radical (unpaired) electrons. The summed E-state index contributed by atoms with van der Waals surface area (Å²) in [6.45, 7) is 22.4.